The number of aromatic nitrogens is 2. The fraction of sp³-hybridized carbons (Fsp3) is 0.304. The van der Waals surface area contributed by atoms with Gasteiger partial charge in [-0.25, -0.2) is 0 Å². The summed E-state index contributed by atoms with van der Waals surface area (Å²) in [4.78, 5) is 11.7. The Hall–Kier alpha value is -2.72. The molecule has 1 atom stereocenters. The predicted octanol–water partition coefficient (Wildman–Crippen LogP) is 4.53. The van der Waals surface area contributed by atoms with Crippen molar-refractivity contribution in [2.24, 2.45) is 0 Å². The Bertz CT molecular complexity index is 882. The summed E-state index contributed by atoms with van der Waals surface area (Å²) in [5.74, 6) is 1.33. The zero-order chi connectivity index (χ0) is 18.5. The van der Waals surface area contributed by atoms with Crippen LogP contribution in [0.25, 0.3) is 11.3 Å². The van der Waals surface area contributed by atoms with Crippen LogP contribution in [0.2, 0.25) is 0 Å². The monoisotopic (exact) mass is 359 g/mol. The van der Waals surface area contributed by atoms with Gasteiger partial charge >= 0.3 is 0 Å². The van der Waals surface area contributed by atoms with Gasteiger partial charge in [0.05, 0.1) is 12.8 Å². The lowest BCUT2D eigenvalue weighted by molar-refractivity contribution is 0.198. The molecular formula is C23H25N3O. The number of hydrogen-bond acceptors (Lipinski definition) is 4. The van der Waals surface area contributed by atoms with Crippen molar-refractivity contribution < 1.29 is 4.74 Å². The SMILES string of the molecule is COc1cccc(-c2cccc([C@H]3CCCN(Cc4cccnc4)C3)n2)c1. The highest BCUT2D eigenvalue weighted by atomic mass is 16.5. The molecule has 1 aliphatic rings. The molecule has 0 N–H and O–H groups in total. The predicted molar refractivity (Wildman–Crippen MR) is 108 cm³/mol. The Balaban J connectivity index is 1.51. The highest BCUT2D eigenvalue weighted by Gasteiger charge is 2.22. The van der Waals surface area contributed by atoms with E-state index in [0.717, 1.165) is 36.6 Å². The summed E-state index contributed by atoms with van der Waals surface area (Å²) in [6.07, 6.45) is 6.19. The molecule has 4 nitrogen and oxygen atoms in total. The van der Waals surface area contributed by atoms with Crippen molar-refractivity contribution in [3.05, 3.63) is 78.2 Å². The van der Waals surface area contributed by atoms with Crippen LogP contribution in [0.15, 0.2) is 67.0 Å². The molecule has 4 heteroatoms. The van der Waals surface area contributed by atoms with Gasteiger partial charge in [0, 0.05) is 42.7 Å². The fourth-order valence-electron chi connectivity index (χ4n) is 3.81. The van der Waals surface area contributed by atoms with Gasteiger partial charge in [-0.15, -0.1) is 0 Å². The van der Waals surface area contributed by atoms with Crippen molar-refractivity contribution in [2.45, 2.75) is 25.3 Å². The van der Waals surface area contributed by atoms with Gasteiger partial charge in [-0.1, -0.05) is 24.3 Å². The van der Waals surface area contributed by atoms with E-state index in [4.69, 9.17) is 9.72 Å². The minimum atomic E-state index is 0.473. The molecule has 2 aromatic heterocycles. The van der Waals surface area contributed by atoms with Crippen molar-refractivity contribution in [1.29, 1.82) is 0 Å². The third-order valence-corrected chi connectivity index (χ3v) is 5.19. The number of hydrogen-bond donors (Lipinski definition) is 0. The van der Waals surface area contributed by atoms with Crippen LogP contribution in [-0.4, -0.2) is 35.1 Å². The second kappa shape index (κ2) is 8.31. The van der Waals surface area contributed by atoms with Gasteiger partial charge in [0.15, 0.2) is 0 Å². The summed E-state index contributed by atoms with van der Waals surface area (Å²) in [5.41, 5.74) is 4.57. The van der Waals surface area contributed by atoms with Gasteiger partial charge < -0.3 is 4.74 Å². The number of nitrogens with zero attached hydrogens (tertiary/aromatic N) is 3. The molecule has 0 amide bonds. The minimum Gasteiger partial charge on any atom is -0.497 e. The van der Waals surface area contributed by atoms with Gasteiger partial charge in [-0.3, -0.25) is 14.9 Å². The van der Waals surface area contributed by atoms with Gasteiger partial charge in [0.2, 0.25) is 0 Å². The molecular weight excluding hydrogens is 334 g/mol. The van der Waals surface area contributed by atoms with Crippen molar-refractivity contribution >= 4 is 0 Å². The number of ether oxygens (including phenoxy) is 1. The van der Waals surface area contributed by atoms with Gasteiger partial charge in [-0.2, -0.15) is 0 Å². The van der Waals surface area contributed by atoms with Crippen LogP contribution in [0.1, 0.15) is 30.0 Å². The summed E-state index contributed by atoms with van der Waals surface area (Å²) in [6, 6.07) is 18.6. The molecule has 27 heavy (non-hydrogen) atoms. The van der Waals surface area contributed by atoms with Crippen LogP contribution in [0, 0.1) is 0 Å². The maximum absolute atomic E-state index is 5.35. The second-order valence-electron chi connectivity index (χ2n) is 7.12. The molecule has 1 aliphatic heterocycles. The number of methoxy groups -OCH3 is 1. The van der Waals surface area contributed by atoms with Crippen LogP contribution in [-0.2, 0) is 6.54 Å². The number of benzene rings is 1. The summed E-state index contributed by atoms with van der Waals surface area (Å²) < 4.78 is 5.35. The lowest BCUT2D eigenvalue weighted by Gasteiger charge is -2.32. The molecule has 138 valence electrons. The number of rotatable bonds is 5. The Morgan fingerprint density at radius 3 is 2.89 bits per heavy atom. The Morgan fingerprint density at radius 1 is 1.11 bits per heavy atom. The van der Waals surface area contributed by atoms with Crippen LogP contribution < -0.4 is 4.74 Å². The number of likely N-dealkylation sites (tertiary alicyclic amines) is 1. The van der Waals surface area contributed by atoms with E-state index in [0.29, 0.717) is 5.92 Å². The molecule has 0 saturated carbocycles. The number of pyridine rings is 2. The Kier molecular flexibility index (Phi) is 5.45. The van der Waals surface area contributed by atoms with E-state index in [2.05, 4.69) is 40.2 Å². The van der Waals surface area contributed by atoms with Gasteiger partial charge in [0.25, 0.3) is 0 Å². The molecule has 0 radical (unpaired) electrons. The molecule has 1 fully saturated rings. The maximum Gasteiger partial charge on any atom is 0.119 e. The largest absolute Gasteiger partial charge is 0.497 e. The van der Waals surface area contributed by atoms with Gasteiger partial charge in [0.1, 0.15) is 5.75 Å². The normalized spacial score (nSPS) is 17.6. The molecule has 1 aromatic carbocycles. The Morgan fingerprint density at radius 2 is 2.04 bits per heavy atom. The highest BCUT2D eigenvalue weighted by molar-refractivity contribution is 5.61. The van der Waals surface area contributed by atoms with Crippen LogP contribution in [0.4, 0.5) is 0 Å². The Labute approximate surface area is 160 Å². The lowest BCUT2D eigenvalue weighted by atomic mass is 9.93. The maximum atomic E-state index is 5.35. The van der Waals surface area contributed by atoms with E-state index in [9.17, 15) is 0 Å². The molecule has 3 heterocycles. The van der Waals surface area contributed by atoms with E-state index < -0.39 is 0 Å². The topological polar surface area (TPSA) is 38.2 Å². The van der Waals surface area contributed by atoms with Crippen LogP contribution >= 0.6 is 0 Å². The first-order chi connectivity index (χ1) is 13.3. The van der Waals surface area contributed by atoms with Crippen LogP contribution in [0.5, 0.6) is 5.75 Å². The molecule has 0 unspecified atom stereocenters. The molecule has 0 bridgehead atoms. The molecule has 3 aromatic rings. The van der Waals surface area contributed by atoms with Crippen molar-refractivity contribution in [1.82, 2.24) is 14.9 Å². The quantitative estimate of drug-likeness (QED) is 0.671. The highest BCUT2D eigenvalue weighted by Crippen LogP contribution is 2.29. The zero-order valence-electron chi connectivity index (χ0n) is 15.7. The van der Waals surface area contributed by atoms with E-state index in [-0.39, 0.29) is 0 Å². The third-order valence-electron chi connectivity index (χ3n) is 5.19. The summed E-state index contributed by atoms with van der Waals surface area (Å²) in [6.45, 7) is 3.14. The van der Waals surface area contributed by atoms with Crippen molar-refractivity contribution in [3.63, 3.8) is 0 Å². The first-order valence-corrected chi connectivity index (χ1v) is 9.54. The zero-order valence-corrected chi connectivity index (χ0v) is 15.7. The van der Waals surface area contributed by atoms with Crippen LogP contribution in [0.3, 0.4) is 0 Å². The van der Waals surface area contributed by atoms with E-state index >= 15 is 0 Å². The summed E-state index contributed by atoms with van der Waals surface area (Å²) in [7, 11) is 1.70. The summed E-state index contributed by atoms with van der Waals surface area (Å²) >= 11 is 0. The number of piperidine rings is 1. The molecule has 1 saturated heterocycles. The first kappa shape index (κ1) is 17.7. The first-order valence-electron chi connectivity index (χ1n) is 9.54. The molecule has 0 spiro atoms. The lowest BCUT2D eigenvalue weighted by Crippen LogP contribution is -2.34. The van der Waals surface area contributed by atoms with Crippen molar-refractivity contribution in [2.75, 3.05) is 20.2 Å². The third kappa shape index (κ3) is 4.34. The van der Waals surface area contributed by atoms with E-state index in [1.807, 2.05) is 36.7 Å². The molecule has 4 rings (SSSR count). The smallest absolute Gasteiger partial charge is 0.119 e. The second-order valence-corrected chi connectivity index (χ2v) is 7.12. The minimum absolute atomic E-state index is 0.473. The molecule has 0 aliphatic carbocycles. The summed E-state index contributed by atoms with van der Waals surface area (Å²) in [5, 5.41) is 0. The van der Waals surface area contributed by atoms with Gasteiger partial charge in [-0.05, 0) is 55.3 Å². The van der Waals surface area contributed by atoms with E-state index in [1.165, 1.54) is 24.1 Å². The fourth-order valence-corrected chi connectivity index (χ4v) is 3.81. The van der Waals surface area contributed by atoms with Crippen molar-refractivity contribution in [3.8, 4) is 17.0 Å². The van der Waals surface area contributed by atoms with E-state index in [1.54, 1.807) is 7.11 Å². The standard InChI is InChI=1S/C23H25N3O/c1-27-21-9-2-7-19(14-21)22-10-3-11-23(25-22)20-8-5-13-26(17-20)16-18-6-4-12-24-15-18/h2-4,6-7,9-12,14-15,20H,5,8,13,16-17H2,1H3/t20-/m0/s1. The average Bonchev–Trinajstić information content (AvgIpc) is 2.75. The average molecular weight is 359 g/mol.